The third kappa shape index (κ3) is 3.20. The second kappa shape index (κ2) is 8.18. The highest BCUT2D eigenvalue weighted by molar-refractivity contribution is 5.92. The first-order valence-electron chi connectivity index (χ1n) is 12.3. The molecule has 4 aliphatic rings. The molecule has 0 saturated heterocycles. The molecule has 0 amide bonds. The highest BCUT2D eigenvalue weighted by atomic mass is 16.7. The molecular weight excluding hydrogens is 440 g/mol. The first-order valence-corrected chi connectivity index (χ1v) is 12.3. The number of fused-ring (bicyclic) bond motifs is 5. The van der Waals surface area contributed by atoms with Gasteiger partial charge in [-0.3, -0.25) is 14.4 Å². The maximum atomic E-state index is 13.3. The van der Waals surface area contributed by atoms with Crippen molar-refractivity contribution in [3.63, 3.8) is 0 Å². The molecule has 0 unspecified atom stereocenters. The van der Waals surface area contributed by atoms with Gasteiger partial charge in [-0.15, -0.1) is 0 Å². The van der Waals surface area contributed by atoms with Crippen molar-refractivity contribution in [2.45, 2.75) is 83.8 Å². The number of methoxy groups -OCH3 is 1. The minimum atomic E-state index is -1.65. The normalized spacial score (nSPS) is 43.1. The van der Waals surface area contributed by atoms with Gasteiger partial charge in [0.05, 0.1) is 7.11 Å². The van der Waals surface area contributed by atoms with Crippen LogP contribution in [0.5, 0.6) is 0 Å². The predicted molar refractivity (Wildman–Crippen MR) is 121 cm³/mol. The summed E-state index contributed by atoms with van der Waals surface area (Å²) in [6, 6.07) is 0. The number of Topliss-reactive ketones (excluding diaryl/α,β-unsaturated/α-hetero) is 1. The number of rotatable bonds is 4. The number of esters is 1. The minimum absolute atomic E-state index is 0.0943. The number of aliphatic hydroxyl groups is 1. The van der Waals surface area contributed by atoms with Crippen LogP contribution in [-0.2, 0) is 28.6 Å². The third-order valence-electron chi connectivity index (χ3n) is 9.95. The van der Waals surface area contributed by atoms with Gasteiger partial charge >= 0.3 is 12.1 Å². The van der Waals surface area contributed by atoms with E-state index in [1.54, 1.807) is 6.08 Å². The van der Waals surface area contributed by atoms with Crippen molar-refractivity contribution >= 4 is 23.7 Å². The number of carbonyl (C=O) groups excluding carboxylic acids is 4. The number of ketones is 2. The van der Waals surface area contributed by atoms with E-state index in [0.29, 0.717) is 44.9 Å². The molecule has 1 N–H and O–H groups in total. The van der Waals surface area contributed by atoms with Gasteiger partial charge in [0.2, 0.25) is 5.78 Å². The molecule has 8 nitrogen and oxygen atoms in total. The smallest absolute Gasteiger partial charge is 0.458 e. The zero-order valence-electron chi connectivity index (χ0n) is 20.8. The number of hydrogen-bond donors (Lipinski definition) is 1. The van der Waals surface area contributed by atoms with Crippen molar-refractivity contribution in [2.24, 2.45) is 28.6 Å². The Balaban J connectivity index is 1.77. The monoisotopic (exact) mass is 476 g/mol. The standard InChI is InChI=1S/C26H36O8/c1-15-12-20-19-7-6-17-13-18(28)8-9-23(17,3)25(19,34-22(30)32-5)11-10-24(20,4)26(15,31)21(29)14-33-16(2)27/h13,15,19-20,31H,6-12,14H2,1-5H3/t15-,19-,20-,23-,24-,25+,26-/m0/s1. The Morgan fingerprint density at radius 3 is 2.47 bits per heavy atom. The van der Waals surface area contributed by atoms with Gasteiger partial charge < -0.3 is 19.3 Å². The molecule has 3 saturated carbocycles. The summed E-state index contributed by atoms with van der Waals surface area (Å²) >= 11 is 0. The lowest BCUT2D eigenvalue weighted by atomic mass is 9.44. The molecule has 34 heavy (non-hydrogen) atoms. The van der Waals surface area contributed by atoms with Crippen molar-refractivity contribution in [3.8, 4) is 0 Å². The van der Waals surface area contributed by atoms with Crippen molar-refractivity contribution in [3.05, 3.63) is 11.6 Å². The second-order valence-electron chi connectivity index (χ2n) is 11.2. The van der Waals surface area contributed by atoms with E-state index in [1.165, 1.54) is 14.0 Å². The Bertz CT molecular complexity index is 954. The molecule has 0 spiro atoms. The lowest BCUT2D eigenvalue weighted by Crippen LogP contribution is -2.67. The van der Waals surface area contributed by atoms with E-state index in [4.69, 9.17) is 14.2 Å². The molecule has 8 heteroatoms. The molecule has 0 aromatic rings. The highest BCUT2D eigenvalue weighted by Gasteiger charge is 2.74. The molecule has 0 radical (unpaired) electrons. The summed E-state index contributed by atoms with van der Waals surface area (Å²) < 4.78 is 16.1. The number of carbonyl (C=O) groups is 4. The van der Waals surface area contributed by atoms with Gasteiger partial charge in [-0.2, -0.15) is 0 Å². The van der Waals surface area contributed by atoms with E-state index in [0.717, 1.165) is 5.57 Å². The summed E-state index contributed by atoms with van der Waals surface area (Å²) in [7, 11) is 1.29. The average Bonchev–Trinajstić information content (AvgIpc) is 3.00. The Hall–Kier alpha value is -2.22. The summed E-state index contributed by atoms with van der Waals surface area (Å²) in [5.41, 5.74) is -2.81. The van der Waals surface area contributed by atoms with Crippen LogP contribution < -0.4 is 0 Å². The van der Waals surface area contributed by atoms with E-state index in [9.17, 15) is 24.3 Å². The first-order chi connectivity index (χ1) is 15.9. The molecule has 188 valence electrons. The molecule has 0 aliphatic heterocycles. The Labute approximate surface area is 200 Å². The van der Waals surface area contributed by atoms with Gasteiger partial charge in [0.1, 0.15) is 11.2 Å². The van der Waals surface area contributed by atoms with Gasteiger partial charge in [-0.1, -0.05) is 26.3 Å². The van der Waals surface area contributed by atoms with Crippen LogP contribution in [0.2, 0.25) is 0 Å². The molecule has 3 fully saturated rings. The zero-order chi connectivity index (χ0) is 25.1. The van der Waals surface area contributed by atoms with Crippen LogP contribution in [0, 0.1) is 28.6 Å². The molecule has 4 rings (SSSR count). The van der Waals surface area contributed by atoms with Crippen molar-refractivity contribution < 1.29 is 38.5 Å². The Morgan fingerprint density at radius 2 is 1.82 bits per heavy atom. The van der Waals surface area contributed by atoms with Crippen molar-refractivity contribution in [1.29, 1.82) is 0 Å². The van der Waals surface area contributed by atoms with Crippen LogP contribution in [0.15, 0.2) is 11.6 Å². The van der Waals surface area contributed by atoms with E-state index >= 15 is 0 Å². The third-order valence-corrected chi connectivity index (χ3v) is 9.95. The second-order valence-corrected chi connectivity index (χ2v) is 11.2. The van der Waals surface area contributed by atoms with Gasteiger partial charge in [-0.25, -0.2) is 4.79 Å². The highest BCUT2D eigenvalue weighted by Crippen LogP contribution is 2.71. The molecule has 7 atom stereocenters. The summed E-state index contributed by atoms with van der Waals surface area (Å²) in [5.74, 6) is -1.50. The molecule has 4 aliphatic carbocycles. The fourth-order valence-corrected chi connectivity index (χ4v) is 8.12. The Morgan fingerprint density at radius 1 is 1.12 bits per heavy atom. The van der Waals surface area contributed by atoms with Crippen LogP contribution in [0.3, 0.4) is 0 Å². The molecule has 0 aromatic heterocycles. The number of hydrogen-bond acceptors (Lipinski definition) is 8. The first kappa shape index (κ1) is 24.9. The lowest BCUT2D eigenvalue weighted by Gasteiger charge is -2.64. The van der Waals surface area contributed by atoms with Gasteiger partial charge in [0, 0.05) is 30.1 Å². The van der Waals surface area contributed by atoms with Gasteiger partial charge in [0.25, 0.3) is 0 Å². The SMILES string of the molecule is COC(=O)O[C@]12CC[C@@]3(C)[C@@H](C[C@H](C)[C@]3(O)C(=O)COC(C)=O)[C@@H]1CCC1=CC(=O)CC[C@@]12C. The van der Waals surface area contributed by atoms with Gasteiger partial charge in [-0.05, 0) is 56.4 Å². The van der Waals surface area contributed by atoms with Crippen LogP contribution in [0.25, 0.3) is 0 Å². The maximum absolute atomic E-state index is 13.3. The predicted octanol–water partition coefficient (Wildman–Crippen LogP) is 3.53. The zero-order valence-corrected chi connectivity index (χ0v) is 20.8. The lowest BCUT2D eigenvalue weighted by molar-refractivity contribution is -0.218. The van der Waals surface area contributed by atoms with Crippen LogP contribution in [0.1, 0.15) is 72.6 Å². The van der Waals surface area contributed by atoms with Crippen LogP contribution in [-0.4, -0.2) is 53.7 Å². The minimum Gasteiger partial charge on any atom is -0.458 e. The summed E-state index contributed by atoms with van der Waals surface area (Å²) in [4.78, 5) is 49.4. The summed E-state index contributed by atoms with van der Waals surface area (Å²) in [6.45, 7) is 6.68. The molecule has 0 aromatic carbocycles. The molecular formula is C26H36O8. The quantitative estimate of drug-likeness (QED) is 0.613. The summed E-state index contributed by atoms with van der Waals surface area (Å²) in [6.07, 6.45) is 4.83. The molecule has 0 bridgehead atoms. The van der Waals surface area contributed by atoms with E-state index in [1.807, 2.05) is 13.8 Å². The van der Waals surface area contributed by atoms with Crippen LogP contribution >= 0.6 is 0 Å². The average molecular weight is 477 g/mol. The maximum Gasteiger partial charge on any atom is 0.508 e. The Kier molecular flexibility index (Phi) is 5.99. The van der Waals surface area contributed by atoms with Crippen molar-refractivity contribution in [1.82, 2.24) is 0 Å². The van der Waals surface area contributed by atoms with Crippen molar-refractivity contribution in [2.75, 3.05) is 13.7 Å². The largest absolute Gasteiger partial charge is 0.508 e. The van der Waals surface area contributed by atoms with Crippen LogP contribution in [0.4, 0.5) is 4.79 Å². The molecule has 0 heterocycles. The number of ether oxygens (including phenoxy) is 3. The fraction of sp³-hybridized carbons (Fsp3) is 0.769. The summed E-state index contributed by atoms with van der Waals surface area (Å²) in [5, 5.41) is 11.9. The van der Waals surface area contributed by atoms with E-state index < -0.39 is 46.5 Å². The fourth-order valence-electron chi connectivity index (χ4n) is 8.12. The van der Waals surface area contributed by atoms with E-state index in [2.05, 4.69) is 6.92 Å². The van der Waals surface area contributed by atoms with E-state index in [-0.39, 0.29) is 23.5 Å². The topological polar surface area (TPSA) is 116 Å². The van der Waals surface area contributed by atoms with Gasteiger partial charge in [0.15, 0.2) is 12.4 Å².